The summed E-state index contributed by atoms with van der Waals surface area (Å²) >= 11 is 0. The van der Waals surface area contributed by atoms with Crippen LogP contribution < -0.4 is 0 Å². The molecule has 0 spiro atoms. The van der Waals surface area contributed by atoms with E-state index in [1.807, 2.05) is 91.0 Å². The smallest absolute Gasteiger partial charge is 0.229 e. The first-order valence-electron chi connectivity index (χ1n) is 10.6. The number of benzene rings is 3. The van der Waals surface area contributed by atoms with E-state index in [0.29, 0.717) is 6.61 Å². The van der Waals surface area contributed by atoms with Crippen molar-refractivity contribution in [3.05, 3.63) is 120 Å². The molecule has 4 rings (SSSR count). The fraction of sp³-hybridized carbons (Fsp3) is 0.222. The molecule has 0 heterocycles. The summed E-state index contributed by atoms with van der Waals surface area (Å²) in [6.07, 6.45) is 0.322. The van der Waals surface area contributed by atoms with Crippen molar-refractivity contribution in [3.8, 4) is 0 Å². The Balaban J connectivity index is 1.46. The highest BCUT2D eigenvalue weighted by atomic mass is 16.5. The Bertz CT molecular complexity index is 1030. The SMILES string of the molecule is O=C1C(OCc2ccccc2)=C[C@@](O)(COCc2ccccc2)[C@H]1OCc1ccccc1. The highest BCUT2D eigenvalue weighted by Gasteiger charge is 2.49. The molecule has 0 aromatic heterocycles. The van der Waals surface area contributed by atoms with E-state index in [2.05, 4.69) is 0 Å². The third kappa shape index (κ3) is 5.51. The quantitative estimate of drug-likeness (QED) is 0.522. The van der Waals surface area contributed by atoms with E-state index < -0.39 is 11.7 Å². The van der Waals surface area contributed by atoms with Crippen LogP contribution >= 0.6 is 0 Å². The van der Waals surface area contributed by atoms with Crippen LogP contribution in [0.5, 0.6) is 0 Å². The van der Waals surface area contributed by atoms with Crippen LogP contribution in [0.15, 0.2) is 103 Å². The lowest BCUT2D eigenvalue weighted by Crippen LogP contribution is -2.46. The average molecular weight is 431 g/mol. The minimum Gasteiger partial charge on any atom is -0.485 e. The molecule has 0 unspecified atom stereocenters. The van der Waals surface area contributed by atoms with Gasteiger partial charge in [0.1, 0.15) is 12.2 Å². The van der Waals surface area contributed by atoms with Gasteiger partial charge in [-0.2, -0.15) is 0 Å². The molecule has 0 saturated carbocycles. The highest BCUT2D eigenvalue weighted by molar-refractivity contribution is 6.01. The van der Waals surface area contributed by atoms with Crippen molar-refractivity contribution >= 4 is 5.78 Å². The summed E-state index contributed by atoms with van der Waals surface area (Å²) in [5.41, 5.74) is 1.20. The maximum Gasteiger partial charge on any atom is 0.229 e. The number of ether oxygens (including phenoxy) is 3. The third-order valence-electron chi connectivity index (χ3n) is 5.26. The topological polar surface area (TPSA) is 65.0 Å². The van der Waals surface area contributed by atoms with Gasteiger partial charge < -0.3 is 19.3 Å². The second-order valence-electron chi connectivity index (χ2n) is 7.79. The Morgan fingerprint density at radius 2 is 1.22 bits per heavy atom. The van der Waals surface area contributed by atoms with Crippen LogP contribution in [0.3, 0.4) is 0 Å². The van der Waals surface area contributed by atoms with E-state index in [0.717, 1.165) is 16.7 Å². The maximum absolute atomic E-state index is 13.1. The van der Waals surface area contributed by atoms with Gasteiger partial charge in [-0.3, -0.25) is 4.79 Å². The van der Waals surface area contributed by atoms with Gasteiger partial charge in [0.05, 0.1) is 19.8 Å². The Kier molecular flexibility index (Phi) is 7.12. The molecule has 1 N–H and O–H groups in total. The predicted molar refractivity (Wildman–Crippen MR) is 120 cm³/mol. The molecule has 2 atom stereocenters. The Morgan fingerprint density at radius 3 is 1.78 bits per heavy atom. The van der Waals surface area contributed by atoms with Crippen molar-refractivity contribution in [1.82, 2.24) is 0 Å². The van der Waals surface area contributed by atoms with Gasteiger partial charge in [-0.1, -0.05) is 91.0 Å². The van der Waals surface area contributed by atoms with Gasteiger partial charge >= 0.3 is 0 Å². The molecule has 1 aliphatic carbocycles. The molecule has 5 nitrogen and oxygen atoms in total. The summed E-state index contributed by atoms with van der Waals surface area (Å²) in [5, 5.41) is 11.3. The zero-order valence-electron chi connectivity index (χ0n) is 17.7. The van der Waals surface area contributed by atoms with Gasteiger partial charge in [0.15, 0.2) is 11.9 Å². The lowest BCUT2D eigenvalue weighted by atomic mass is 10.0. The van der Waals surface area contributed by atoms with Crippen molar-refractivity contribution < 1.29 is 24.1 Å². The molecule has 32 heavy (non-hydrogen) atoms. The number of hydrogen-bond donors (Lipinski definition) is 1. The molecule has 0 radical (unpaired) electrons. The number of hydrogen-bond acceptors (Lipinski definition) is 5. The molecule has 1 aliphatic rings. The molecule has 3 aromatic carbocycles. The molecule has 0 fully saturated rings. The maximum atomic E-state index is 13.1. The largest absolute Gasteiger partial charge is 0.485 e. The minimum absolute atomic E-state index is 0.0920. The molecule has 5 heteroatoms. The first-order chi connectivity index (χ1) is 15.6. The summed E-state index contributed by atoms with van der Waals surface area (Å²) in [4.78, 5) is 13.1. The van der Waals surface area contributed by atoms with Gasteiger partial charge in [-0.15, -0.1) is 0 Å². The zero-order chi connectivity index (χ0) is 22.2. The lowest BCUT2D eigenvalue weighted by molar-refractivity contribution is -0.149. The van der Waals surface area contributed by atoms with E-state index in [-0.39, 0.29) is 31.4 Å². The summed E-state index contributed by atoms with van der Waals surface area (Å²) in [5.74, 6) is -0.291. The summed E-state index contributed by atoms with van der Waals surface area (Å²) < 4.78 is 17.4. The fourth-order valence-corrected chi connectivity index (χ4v) is 3.58. The highest BCUT2D eigenvalue weighted by Crippen LogP contribution is 2.31. The van der Waals surface area contributed by atoms with Gasteiger partial charge in [-0.05, 0) is 22.8 Å². The van der Waals surface area contributed by atoms with E-state index in [1.54, 1.807) is 0 Å². The minimum atomic E-state index is -1.62. The van der Waals surface area contributed by atoms with Crippen molar-refractivity contribution in [1.29, 1.82) is 0 Å². The molecule has 0 saturated heterocycles. The lowest BCUT2D eigenvalue weighted by Gasteiger charge is -2.27. The number of aliphatic hydroxyl groups is 1. The molecule has 0 aliphatic heterocycles. The summed E-state index contributed by atoms with van der Waals surface area (Å²) in [7, 11) is 0. The van der Waals surface area contributed by atoms with E-state index in [1.165, 1.54) is 6.08 Å². The summed E-state index contributed by atoms with van der Waals surface area (Å²) in [6, 6.07) is 28.7. The van der Waals surface area contributed by atoms with Crippen molar-refractivity contribution in [2.75, 3.05) is 6.61 Å². The van der Waals surface area contributed by atoms with Gasteiger partial charge in [-0.25, -0.2) is 0 Å². The third-order valence-corrected chi connectivity index (χ3v) is 5.26. The molecular formula is C27H26O5. The number of carbonyl (C=O) groups excluding carboxylic acids is 1. The molecule has 164 valence electrons. The van der Waals surface area contributed by atoms with Gasteiger partial charge in [0.2, 0.25) is 5.78 Å². The van der Waals surface area contributed by atoms with Crippen LogP contribution in [0.25, 0.3) is 0 Å². The van der Waals surface area contributed by atoms with Crippen LogP contribution in [-0.4, -0.2) is 29.2 Å². The van der Waals surface area contributed by atoms with E-state index in [9.17, 15) is 9.90 Å². The van der Waals surface area contributed by atoms with Crippen LogP contribution in [-0.2, 0) is 38.8 Å². The Labute approximate surface area is 187 Å². The Morgan fingerprint density at radius 1 is 0.719 bits per heavy atom. The van der Waals surface area contributed by atoms with E-state index in [4.69, 9.17) is 14.2 Å². The molecule has 0 bridgehead atoms. The van der Waals surface area contributed by atoms with Crippen LogP contribution in [0, 0.1) is 0 Å². The average Bonchev–Trinajstić information content (AvgIpc) is 3.07. The molecule has 0 amide bonds. The van der Waals surface area contributed by atoms with Crippen molar-refractivity contribution in [2.45, 2.75) is 31.5 Å². The number of carbonyl (C=O) groups is 1. The van der Waals surface area contributed by atoms with Gasteiger partial charge in [0.25, 0.3) is 0 Å². The zero-order valence-corrected chi connectivity index (χ0v) is 17.7. The second kappa shape index (κ2) is 10.4. The first kappa shape index (κ1) is 22.0. The Hall–Kier alpha value is -3.25. The summed E-state index contributed by atoms with van der Waals surface area (Å²) in [6.45, 7) is 0.644. The normalized spacial score (nSPS) is 20.2. The van der Waals surface area contributed by atoms with Gasteiger partial charge in [0, 0.05) is 0 Å². The van der Waals surface area contributed by atoms with E-state index >= 15 is 0 Å². The van der Waals surface area contributed by atoms with Crippen LogP contribution in [0.1, 0.15) is 16.7 Å². The monoisotopic (exact) mass is 430 g/mol. The van der Waals surface area contributed by atoms with Crippen LogP contribution in [0.2, 0.25) is 0 Å². The predicted octanol–water partition coefficient (Wildman–Crippen LogP) is 4.20. The standard InChI is InChI=1S/C27H26O5/c28-25-24(31-18-22-12-6-2-7-13-22)16-27(29,20-30-17-21-10-4-1-5-11-21)26(25)32-19-23-14-8-3-9-15-23/h1-16,26,29H,17-20H2/t26-,27+/m0/s1. The molecular weight excluding hydrogens is 404 g/mol. The molecule has 3 aromatic rings. The van der Waals surface area contributed by atoms with Crippen molar-refractivity contribution in [3.63, 3.8) is 0 Å². The van der Waals surface area contributed by atoms with Crippen LogP contribution in [0.4, 0.5) is 0 Å². The number of Topliss-reactive ketones (excluding diaryl/α,β-unsaturated/α-hetero) is 1. The first-order valence-corrected chi connectivity index (χ1v) is 10.6. The number of rotatable bonds is 10. The second-order valence-corrected chi connectivity index (χ2v) is 7.79. The van der Waals surface area contributed by atoms with Crippen molar-refractivity contribution in [2.24, 2.45) is 0 Å². The fourth-order valence-electron chi connectivity index (χ4n) is 3.58. The number of ketones is 1.